The molecule has 2 atom stereocenters. The van der Waals surface area contributed by atoms with Crippen LogP contribution in [0.25, 0.3) is 0 Å². The summed E-state index contributed by atoms with van der Waals surface area (Å²) in [6.45, 7) is 19.8. The van der Waals surface area contributed by atoms with Crippen LogP contribution in [0.5, 0.6) is 0 Å². The molecular formula is C27H56N2O3. The summed E-state index contributed by atoms with van der Waals surface area (Å²) in [4.78, 5) is 17.3. The van der Waals surface area contributed by atoms with E-state index in [1.54, 1.807) is 0 Å². The molecule has 0 aromatic carbocycles. The minimum atomic E-state index is -0.507. The molecule has 0 aromatic rings. The van der Waals surface area contributed by atoms with Crippen molar-refractivity contribution in [2.75, 3.05) is 39.3 Å². The number of hydrogen-bond donors (Lipinski definition) is 0. The highest BCUT2D eigenvalue weighted by Gasteiger charge is 2.15. The zero-order valence-electron chi connectivity index (χ0n) is 22.5. The summed E-state index contributed by atoms with van der Waals surface area (Å²) in [6, 6.07) is 0. The molecule has 0 rings (SSSR count). The molecule has 0 aromatic heterocycles. The van der Waals surface area contributed by atoms with Crippen molar-refractivity contribution in [3.63, 3.8) is 0 Å². The van der Waals surface area contributed by atoms with E-state index in [1.165, 1.54) is 77.5 Å². The van der Waals surface area contributed by atoms with Gasteiger partial charge >= 0.3 is 6.16 Å². The zero-order chi connectivity index (χ0) is 24.0. The Morgan fingerprint density at radius 2 is 0.844 bits per heavy atom. The largest absolute Gasteiger partial charge is 0.508 e. The van der Waals surface area contributed by atoms with Gasteiger partial charge in [-0.15, -0.1) is 0 Å². The Kier molecular flexibility index (Phi) is 21.4. The molecule has 0 aliphatic heterocycles. The molecule has 0 aliphatic carbocycles. The minimum absolute atomic E-state index is 0.0903. The topological polar surface area (TPSA) is 42.0 Å². The summed E-state index contributed by atoms with van der Waals surface area (Å²) in [5.74, 6) is 0. The minimum Gasteiger partial charge on any atom is -0.431 e. The second kappa shape index (κ2) is 22.0. The Labute approximate surface area is 200 Å². The lowest BCUT2D eigenvalue weighted by atomic mass is 10.2. The smallest absolute Gasteiger partial charge is 0.431 e. The van der Waals surface area contributed by atoms with E-state index in [-0.39, 0.29) is 12.2 Å². The molecule has 2 unspecified atom stereocenters. The van der Waals surface area contributed by atoms with Gasteiger partial charge in [0.25, 0.3) is 0 Å². The van der Waals surface area contributed by atoms with Gasteiger partial charge in [0.1, 0.15) is 12.2 Å². The number of rotatable bonds is 22. The third-order valence-electron chi connectivity index (χ3n) is 6.08. The van der Waals surface area contributed by atoms with Crippen molar-refractivity contribution in [1.82, 2.24) is 9.80 Å². The first-order valence-corrected chi connectivity index (χ1v) is 13.8. The number of ether oxygens (including phenoxy) is 2. The van der Waals surface area contributed by atoms with E-state index in [4.69, 9.17) is 9.47 Å². The molecule has 0 saturated heterocycles. The van der Waals surface area contributed by atoms with Crippen LogP contribution in [0.15, 0.2) is 0 Å². The van der Waals surface area contributed by atoms with Gasteiger partial charge in [-0.25, -0.2) is 4.79 Å². The number of nitrogens with zero attached hydrogens (tertiary/aromatic N) is 2. The van der Waals surface area contributed by atoms with Gasteiger partial charge in [0, 0.05) is 0 Å². The second-order valence-corrected chi connectivity index (χ2v) is 9.49. The highest BCUT2D eigenvalue weighted by molar-refractivity contribution is 5.60. The Balaban J connectivity index is 4.07. The first-order chi connectivity index (χ1) is 15.5. The van der Waals surface area contributed by atoms with Crippen LogP contribution >= 0.6 is 0 Å². The van der Waals surface area contributed by atoms with Crippen molar-refractivity contribution in [2.45, 2.75) is 131 Å². The molecule has 0 fully saturated rings. The van der Waals surface area contributed by atoms with Gasteiger partial charge in [-0.1, -0.05) is 53.4 Å². The summed E-state index contributed by atoms with van der Waals surface area (Å²) < 4.78 is 11.0. The average molecular weight is 457 g/mol. The molecule has 5 nitrogen and oxygen atoms in total. The number of hydrogen-bond acceptors (Lipinski definition) is 5. The molecule has 0 bridgehead atoms. The average Bonchev–Trinajstić information content (AvgIpc) is 2.76. The van der Waals surface area contributed by atoms with E-state index in [0.717, 1.165) is 38.8 Å². The lowest BCUT2D eigenvalue weighted by Crippen LogP contribution is -2.29. The van der Waals surface area contributed by atoms with E-state index < -0.39 is 6.16 Å². The molecule has 0 saturated carbocycles. The van der Waals surface area contributed by atoms with Crippen LogP contribution < -0.4 is 0 Å². The molecule has 5 heteroatoms. The second-order valence-electron chi connectivity index (χ2n) is 9.49. The van der Waals surface area contributed by atoms with Gasteiger partial charge < -0.3 is 19.3 Å². The Bertz CT molecular complexity index is 368. The third kappa shape index (κ3) is 18.7. The molecular weight excluding hydrogens is 400 g/mol. The molecule has 32 heavy (non-hydrogen) atoms. The lowest BCUT2D eigenvalue weighted by molar-refractivity contribution is 0.00179. The molecule has 0 N–H and O–H groups in total. The zero-order valence-corrected chi connectivity index (χ0v) is 22.5. The van der Waals surface area contributed by atoms with Gasteiger partial charge in [0.2, 0.25) is 0 Å². The van der Waals surface area contributed by atoms with Crippen LogP contribution in [-0.2, 0) is 9.47 Å². The molecule has 0 radical (unpaired) electrons. The van der Waals surface area contributed by atoms with E-state index in [0.29, 0.717) is 0 Å². The van der Waals surface area contributed by atoms with E-state index >= 15 is 0 Å². The van der Waals surface area contributed by atoms with Crippen LogP contribution in [0.4, 0.5) is 4.79 Å². The SMILES string of the molecule is CCCCN(CCCC)CCCC(C)OC(=O)OC(C)CCCN(CCCC)CCCC. The standard InChI is InChI=1S/C27H56N2O3/c1-7-11-19-28(20-12-8-2)23-15-17-25(5)31-27(30)32-26(6)18-16-24-29(21-13-9-3)22-14-10-4/h25-26H,7-24H2,1-6H3. The maximum Gasteiger partial charge on any atom is 0.508 e. The van der Waals surface area contributed by atoms with Crippen molar-refractivity contribution < 1.29 is 14.3 Å². The quantitative estimate of drug-likeness (QED) is 0.160. The van der Waals surface area contributed by atoms with Gasteiger partial charge in [0.05, 0.1) is 0 Å². The van der Waals surface area contributed by atoms with Crippen molar-refractivity contribution >= 4 is 6.16 Å². The highest BCUT2D eigenvalue weighted by Crippen LogP contribution is 2.10. The van der Waals surface area contributed by atoms with Crippen molar-refractivity contribution in [3.8, 4) is 0 Å². The summed E-state index contributed by atoms with van der Waals surface area (Å²) in [5, 5.41) is 0. The van der Waals surface area contributed by atoms with Crippen molar-refractivity contribution in [3.05, 3.63) is 0 Å². The fraction of sp³-hybridized carbons (Fsp3) is 0.963. The van der Waals surface area contributed by atoms with Gasteiger partial charge in [-0.05, 0) is 104 Å². The number of carbonyl (C=O) groups excluding carboxylic acids is 1. The van der Waals surface area contributed by atoms with Crippen LogP contribution in [0.3, 0.4) is 0 Å². The van der Waals surface area contributed by atoms with Gasteiger partial charge in [-0.2, -0.15) is 0 Å². The molecule has 0 heterocycles. The van der Waals surface area contributed by atoms with E-state index in [1.807, 2.05) is 13.8 Å². The fourth-order valence-corrected chi connectivity index (χ4v) is 3.88. The Morgan fingerprint density at radius 3 is 1.12 bits per heavy atom. The summed E-state index contributed by atoms with van der Waals surface area (Å²) in [5.41, 5.74) is 0. The van der Waals surface area contributed by atoms with Crippen LogP contribution in [0.1, 0.15) is 119 Å². The van der Waals surface area contributed by atoms with Crippen LogP contribution in [0, 0.1) is 0 Å². The van der Waals surface area contributed by atoms with Gasteiger partial charge in [0.15, 0.2) is 0 Å². The maximum absolute atomic E-state index is 12.2. The predicted octanol–water partition coefficient (Wildman–Crippen LogP) is 7.28. The normalized spacial score (nSPS) is 13.5. The van der Waals surface area contributed by atoms with E-state index in [2.05, 4.69) is 37.5 Å². The molecule has 0 spiro atoms. The third-order valence-corrected chi connectivity index (χ3v) is 6.08. The molecule has 192 valence electrons. The van der Waals surface area contributed by atoms with E-state index in [9.17, 15) is 4.79 Å². The first kappa shape index (κ1) is 31.2. The van der Waals surface area contributed by atoms with Crippen LogP contribution in [0.2, 0.25) is 0 Å². The summed E-state index contributed by atoms with van der Waals surface area (Å²) in [6.07, 6.45) is 13.2. The van der Waals surface area contributed by atoms with Gasteiger partial charge in [-0.3, -0.25) is 0 Å². The number of carbonyl (C=O) groups is 1. The highest BCUT2D eigenvalue weighted by atomic mass is 16.7. The fourth-order valence-electron chi connectivity index (χ4n) is 3.88. The first-order valence-electron chi connectivity index (χ1n) is 13.8. The monoisotopic (exact) mass is 456 g/mol. The van der Waals surface area contributed by atoms with Crippen LogP contribution in [-0.4, -0.2) is 67.4 Å². The lowest BCUT2D eigenvalue weighted by Gasteiger charge is -2.23. The summed E-state index contributed by atoms with van der Waals surface area (Å²) >= 11 is 0. The van der Waals surface area contributed by atoms with Crippen molar-refractivity contribution in [1.29, 1.82) is 0 Å². The number of unbranched alkanes of at least 4 members (excludes halogenated alkanes) is 4. The Morgan fingerprint density at radius 1 is 0.562 bits per heavy atom. The maximum atomic E-state index is 12.2. The Hall–Kier alpha value is -0.810. The predicted molar refractivity (Wildman–Crippen MR) is 137 cm³/mol. The van der Waals surface area contributed by atoms with Crippen molar-refractivity contribution in [2.24, 2.45) is 0 Å². The molecule has 0 amide bonds. The molecule has 0 aliphatic rings. The summed E-state index contributed by atoms with van der Waals surface area (Å²) in [7, 11) is 0.